The van der Waals surface area contributed by atoms with Crippen molar-refractivity contribution in [2.24, 2.45) is 0 Å². The molecule has 0 saturated carbocycles. The number of benzene rings is 2. The molecular formula is C18H15NO2S. The van der Waals surface area contributed by atoms with Crippen molar-refractivity contribution in [1.29, 1.82) is 0 Å². The van der Waals surface area contributed by atoms with Gasteiger partial charge in [-0.2, -0.15) is 0 Å². The van der Waals surface area contributed by atoms with Gasteiger partial charge >= 0.3 is 5.63 Å². The molecule has 1 atom stereocenters. The van der Waals surface area contributed by atoms with Crippen molar-refractivity contribution in [3.05, 3.63) is 70.6 Å². The van der Waals surface area contributed by atoms with Crippen LogP contribution in [0.2, 0.25) is 0 Å². The number of nitrogens with one attached hydrogen (secondary N) is 1. The smallest absolute Gasteiger partial charge is 0.341 e. The van der Waals surface area contributed by atoms with Crippen molar-refractivity contribution >= 4 is 28.4 Å². The molecule has 1 aliphatic rings. The monoisotopic (exact) mass is 309 g/mol. The number of hydrogen-bond acceptors (Lipinski definition) is 4. The summed E-state index contributed by atoms with van der Waals surface area (Å²) in [5, 5.41) is 4.46. The van der Waals surface area contributed by atoms with Crippen molar-refractivity contribution in [2.45, 2.75) is 17.4 Å². The lowest BCUT2D eigenvalue weighted by molar-refractivity contribution is 0.511. The van der Waals surface area contributed by atoms with Gasteiger partial charge in [0.05, 0.1) is 11.1 Å². The molecule has 1 unspecified atom stereocenters. The molecular weight excluding hydrogens is 294 g/mol. The minimum Gasteiger partial charge on any atom is -0.422 e. The molecule has 1 N–H and O–H groups in total. The fourth-order valence-corrected chi connectivity index (χ4v) is 3.96. The Kier molecular flexibility index (Phi) is 3.01. The van der Waals surface area contributed by atoms with E-state index in [1.807, 2.05) is 48.5 Å². The molecule has 2 heterocycles. The standard InChI is InChI=1S/C18H15NO2S/c1-18(11-22-16-9-5-3-7-14(16)19-18)13-10-12-6-2-4-8-15(12)21-17(13)20/h2-10,19H,11H2,1H3. The maximum atomic E-state index is 12.4. The second-order valence-corrected chi connectivity index (χ2v) is 6.74. The van der Waals surface area contributed by atoms with E-state index in [0.717, 1.165) is 16.8 Å². The van der Waals surface area contributed by atoms with Gasteiger partial charge in [0.2, 0.25) is 0 Å². The fourth-order valence-electron chi connectivity index (χ4n) is 2.84. The van der Waals surface area contributed by atoms with Crippen LogP contribution in [0.1, 0.15) is 12.5 Å². The summed E-state index contributed by atoms with van der Waals surface area (Å²) in [5.74, 6) is 0.785. The van der Waals surface area contributed by atoms with E-state index in [0.29, 0.717) is 11.1 Å². The van der Waals surface area contributed by atoms with E-state index in [9.17, 15) is 4.79 Å². The lowest BCUT2D eigenvalue weighted by atomic mass is 9.94. The SMILES string of the molecule is CC1(c2cc3ccccc3oc2=O)CSc2ccccc2N1. The second kappa shape index (κ2) is 4.92. The predicted molar refractivity (Wildman–Crippen MR) is 90.6 cm³/mol. The molecule has 0 saturated heterocycles. The fraction of sp³-hybridized carbons (Fsp3) is 0.167. The lowest BCUT2D eigenvalue weighted by Gasteiger charge is -2.36. The van der Waals surface area contributed by atoms with Crippen LogP contribution in [0.4, 0.5) is 5.69 Å². The van der Waals surface area contributed by atoms with Crippen LogP contribution in [0.5, 0.6) is 0 Å². The third-order valence-corrected chi connectivity index (χ3v) is 5.44. The molecule has 1 aliphatic heterocycles. The van der Waals surface area contributed by atoms with Crippen LogP contribution in [0.15, 0.2) is 68.7 Å². The van der Waals surface area contributed by atoms with Crippen molar-refractivity contribution < 1.29 is 4.42 Å². The van der Waals surface area contributed by atoms with Crippen LogP contribution >= 0.6 is 11.8 Å². The summed E-state index contributed by atoms with van der Waals surface area (Å²) < 4.78 is 5.49. The molecule has 0 amide bonds. The Morgan fingerprint density at radius 1 is 1.14 bits per heavy atom. The average molecular weight is 309 g/mol. The molecule has 0 radical (unpaired) electrons. The topological polar surface area (TPSA) is 42.2 Å². The summed E-state index contributed by atoms with van der Waals surface area (Å²) >= 11 is 1.76. The molecule has 1 aromatic heterocycles. The van der Waals surface area contributed by atoms with E-state index in [1.54, 1.807) is 11.8 Å². The van der Waals surface area contributed by atoms with Crippen LogP contribution in [0.25, 0.3) is 11.0 Å². The Morgan fingerprint density at radius 2 is 1.91 bits per heavy atom. The first-order valence-electron chi connectivity index (χ1n) is 7.19. The summed E-state index contributed by atoms with van der Waals surface area (Å²) in [6.45, 7) is 2.05. The van der Waals surface area contributed by atoms with E-state index in [4.69, 9.17) is 4.42 Å². The Labute approximate surface area is 132 Å². The summed E-state index contributed by atoms with van der Waals surface area (Å²) in [6.07, 6.45) is 0. The second-order valence-electron chi connectivity index (χ2n) is 5.73. The number of rotatable bonds is 1. The van der Waals surface area contributed by atoms with Crippen LogP contribution < -0.4 is 10.9 Å². The van der Waals surface area contributed by atoms with Crippen molar-refractivity contribution in [1.82, 2.24) is 0 Å². The molecule has 2 aromatic carbocycles. The quantitative estimate of drug-likeness (QED) is 0.683. The summed E-state index contributed by atoms with van der Waals surface area (Å²) in [4.78, 5) is 13.6. The van der Waals surface area contributed by atoms with E-state index >= 15 is 0 Å². The highest BCUT2D eigenvalue weighted by molar-refractivity contribution is 7.99. The van der Waals surface area contributed by atoms with Gasteiger partial charge in [-0.3, -0.25) is 0 Å². The third-order valence-electron chi connectivity index (χ3n) is 4.05. The molecule has 110 valence electrons. The van der Waals surface area contributed by atoms with Gasteiger partial charge in [-0.25, -0.2) is 4.79 Å². The van der Waals surface area contributed by atoms with E-state index < -0.39 is 5.54 Å². The first-order chi connectivity index (χ1) is 10.7. The third kappa shape index (κ3) is 2.11. The highest BCUT2D eigenvalue weighted by Crippen LogP contribution is 2.41. The maximum absolute atomic E-state index is 12.4. The highest BCUT2D eigenvalue weighted by Gasteiger charge is 2.34. The van der Waals surface area contributed by atoms with Gasteiger partial charge in [0.1, 0.15) is 5.58 Å². The zero-order chi connectivity index (χ0) is 15.2. The molecule has 0 aliphatic carbocycles. The first-order valence-corrected chi connectivity index (χ1v) is 8.18. The van der Waals surface area contributed by atoms with E-state index in [2.05, 4.69) is 18.3 Å². The normalized spacial score (nSPS) is 20.4. The van der Waals surface area contributed by atoms with Gasteiger partial charge in [0.15, 0.2) is 0 Å². The average Bonchev–Trinajstić information content (AvgIpc) is 2.54. The van der Waals surface area contributed by atoms with E-state index in [1.165, 1.54) is 4.90 Å². The largest absolute Gasteiger partial charge is 0.422 e. The Bertz CT molecular complexity index is 918. The Morgan fingerprint density at radius 3 is 2.82 bits per heavy atom. The number of hydrogen-bond donors (Lipinski definition) is 1. The Balaban J connectivity index is 1.85. The van der Waals surface area contributed by atoms with Crippen molar-refractivity contribution in [3.8, 4) is 0 Å². The van der Waals surface area contributed by atoms with Crippen LogP contribution in [0, 0.1) is 0 Å². The molecule has 3 nitrogen and oxygen atoms in total. The van der Waals surface area contributed by atoms with Gasteiger partial charge in [0.25, 0.3) is 0 Å². The summed E-state index contributed by atoms with van der Waals surface area (Å²) in [7, 11) is 0. The van der Waals surface area contributed by atoms with Gasteiger partial charge in [-0.05, 0) is 31.2 Å². The van der Waals surface area contributed by atoms with E-state index in [-0.39, 0.29) is 5.63 Å². The van der Waals surface area contributed by atoms with Crippen molar-refractivity contribution in [3.63, 3.8) is 0 Å². The molecule has 4 heteroatoms. The van der Waals surface area contributed by atoms with Crippen LogP contribution in [-0.4, -0.2) is 5.75 Å². The zero-order valence-electron chi connectivity index (χ0n) is 12.1. The number of anilines is 1. The van der Waals surface area contributed by atoms with Crippen LogP contribution in [-0.2, 0) is 5.54 Å². The maximum Gasteiger partial charge on any atom is 0.341 e. The van der Waals surface area contributed by atoms with Gasteiger partial charge in [-0.1, -0.05) is 30.3 Å². The van der Waals surface area contributed by atoms with Gasteiger partial charge < -0.3 is 9.73 Å². The lowest BCUT2D eigenvalue weighted by Crippen LogP contribution is -2.40. The van der Waals surface area contributed by atoms with Gasteiger partial charge in [0, 0.05) is 21.7 Å². The molecule has 3 aromatic rings. The molecule has 22 heavy (non-hydrogen) atoms. The summed E-state index contributed by atoms with van der Waals surface area (Å²) in [6, 6.07) is 17.7. The molecule has 0 fully saturated rings. The minimum atomic E-state index is -0.441. The molecule has 0 spiro atoms. The minimum absolute atomic E-state index is 0.270. The number of fused-ring (bicyclic) bond motifs is 2. The Hall–Kier alpha value is -2.20. The van der Waals surface area contributed by atoms with Crippen molar-refractivity contribution in [2.75, 3.05) is 11.1 Å². The molecule has 0 bridgehead atoms. The van der Waals surface area contributed by atoms with Crippen LogP contribution in [0.3, 0.4) is 0 Å². The molecule has 4 rings (SSSR count). The summed E-state index contributed by atoms with van der Waals surface area (Å²) in [5.41, 5.74) is 1.66. The predicted octanol–water partition coefficient (Wildman–Crippen LogP) is 4.23. The number of para-hydroxylation sites is 2. The zero-order valence-corrected chi connectivity index (χ0v) is 12.9. The van der Waals surface area contributed by atoms with Gasteiger partial charge in [-0.15, -0.1) is 11.8 Å². The first kappa shape index (κ1) is 13.5. The highest BCUT2D eigenvalue weighted by atomic mass is 32.2. The number of thioether (sulfide) groups is 1.